The Morgan fingerprint density at radius 2 is 1.94 bits per heavy atom. The van der Waals surface area contributed by atoms with Crippen molar-refractivity contribution < 1.29 is 23.8 Å². The number of rotatable bonds is 6. The fourth-order valence-electron chi connectivity index (χ4n) is 6.86. The van der Waals surface area contributed by atoms with Crippen LogP contribution in [-0.2, 0) is 14.3 Å². The van der Waals surface area contributed by atoms with Crippen LogP contribution in [0.25, 0.3) is 0 Å². The highest BCUT2D eigenvalue weighted by Gasteiger charge is 2.55. The lowest BCUT2D eigenvalue weighted by Crippen LogP contribution is -2.71. The number of fused-ring (bicyclic) bond motifs is 4. The third-order valence-electron chi connectivity index (χ3n) is 9.06. The molecule has 8 nitrogen and oxygen atoms in total. The molecule has 0 radical (unpaired) electrons. The molecule has 6 atom stereocenters. The van der Waals surface area contributed by atoms with Gasteiger partial charge in [-0.15, -0.1) is 11.6 Å². The van der Waals surface area contributed by atoms with E-state index in [4.69, 9.17) is 16.3 Å². The van der Waals surface area contributed by atoms with Crippen LogP contribution in [0.5, 0.6) is 0 Å². The molecule has 2 saturated heterocycles. The molecule has 34 heavy (non-hydrogen) atoms. The molecule has 2 heterocycles. The van der Waals surface area contributed by atoms with Gasteiger partial charge in [0.1, 0.15) is 12.8 Å². The number of halogens is 2. The van der Waals surface area contributed by atoms with Gasteiger partial charge in [0.25, 0.3) is 0 Å². The number of nitrogens with one attached hydrogen (secondary N) is 3. The van der Waals surface area contributed by atoms with E-state index in [-0.39, 0.29) is 37.0 Å². The number of ether oxygens (including phenoxy) is 1. The Morgan fingerprint density at radius 1 is 1.15 bits per heavy atom. The quantitative estimate of drug-likeness (QED) is 0.410. The van der Waals surface area contributed by atoms with Gasteiger partial charge in [0, 0.05) is 24.7 Å². The SMILES string of the molecule is O=C(COC1CCC(Cl)C(F)C1)NC12CCC(NC(=O)C3CC4CCCN4CN3)(CC1)C[C@@H]2O. The number of aliphatic hydroxyl groups is 1. The molecule has 0 aromatic rings. The Morgan fingerprint density at radius 3 is 2.68 bits per heavy atom. The van der Waals surface area contributed by atoms with Crippen molar-refractivity contribution in [3.63, 3.8) is 0 Å². The molecular weight excluding hydrogens is 463 g/mol. The predicted octanol–water partition coefficient (Wildman–Crippen LogP) is 1.33. The van der Waals surface area contributed by atoms with E-state index >= 15 is 0 Å². The largest absolute Gasteiger partial charge is 0.391 e. The summed E-state index contributed by atoms with van der Waals surface area (Å²) >= 11 is 5.92. The van der Waals surface area contributed by atoms with E-state index < -0.39 is 28.7 Å². The van der Waals surface area contributed by atoms with Gasteiger partial charge in [0.2, 0.25) is 11.8 Å². The fourth-order valence-corrected chi connectivity index (χ4v) is 7.09. The Labute approximate surface area is 205 Å². The molecule has 6 fully saturated rings. The maximum atomic E-state index is 13.8. The van der Waals surface area contributed by atoms with E-state index in [9.17, 15) is 19.1 Å². The van der Waals surface area contributed by atoms with E-state index in [1.54, 1.807) is 0 Å². The topological polar surface area (TPSA) is 103 Å². The van der Waals surface area contributed by atoms with Gasteiger partial charge in [-0.05, 0) is 70.8 Å². The van der Waals surface area contributed by atoms with Crippen LogP contribution in [0.2, 0.25) is 0 Å². The van der Waals surface area contributed by atoms with Gasteiger partial charge in [-0.25, -0.2) is 4.39 Å². The highest BCUT2D eigenvalue weighted by molar-refractivity contribution is 6.21. The average Bonchev–Trinajstić information content (AvgIpc) is 3.29. The molecule has 0 aromatic heterocycles. The third-order valence-corrected chi connectivity index (χ3v) is 9.55. The minimum Gasteiger partial charge on any atom is -0.391 e. The van der Waals surface area contributed by atoms with Crippen LogP contribution in [0.15, 0.2) is 0 Å². The normalized spacial score (nSPS) is 44.4. The molecule has 2 amide bonds. The number of carbonyl (C=O) groups excluding carboxylic acids is 2. The molecule has 10 heteroatoms. The van der Waals surface area contributed by atoms with E-state index in [1.165, 1.54) is 6.42 Å². The summed E-state index contributed by atoms with van der Waals surface area (Å²) in [4.78, 5) is 28.1. The second kappa shape index (κ2) is 9.81. The lowest BCUT2D eigenvalue weighted by Gasteiger charge is -2.56. The number of hydrogen-bond donors (Lipinski definition) is 4. The second-order valence-electron chi connectivity index (χ2n) is 11.2. The van der Waals surface area contributed by atoms with Crippen LogP contribution in [-0.4, -0.2) is 88.6 Å². The van der Waals surface area contributed by atoms with E-state index in [2.05, 4.69) is 20.9 Å². The summed E-state index contributed by atoms with van der Waals surface area (Å²) in [6, 6.07) is 0.303. The summed E-state index contributed by atoms with van der Waals surface area (Å²) in [5.74, 6) is -0.253. The Bertz CT molecular complexity index is 780. The van der Waals surface area contributed by atoms with Crippen LogP contribution in [0.3, 0.4) is 0 Å². The molecule has 0 spiro atoms. The van der Waals surface area contributed by atoms with Crippen LogP contribution < -0.4 is 16.0 Å². The summed E-state index contributed by atoms with van der Waals surface area (Å²) in [6.45, 7) is 1.72. The van der Waals surface area contributed by atoms with Gasteiger partial charge in [-0.2, -0.15) is 0 Å². The maximum absolute atomic E-state index is 13.8. The molecule has 192 valence electrons. The first kappa shape index (κ1) is 24.7. The van der Waals surface area contributed by atoms with Crippen molar-refractivity contribution in [2.45, 2.75) is 118 Å². The van der Waals surface area contributed by atoms with Gasteiger partial charge in [-0.3, -0.25) is 19.8 Å². The van der Waals surface area contributed by atoms with Gasteiger partial charge < -0.3 is 20.5 Å². The minimum atomic E-state index is -1.11. The first-order valence-corrected chi connectivity index (χ1v) is 13.4. The van der Waals surface area contributed by atoms with Crippen molar-refractivity contribution in [3.8, 4) is 0 Å². The van der Waals surface area contributed by atoms with Crippen molar-refractivity contribution in [2.75, 3.05) is 19.8 Å². The Hall–Kier alpha value is -1.00. The molecule has 5 unspecified atom stereocenters. The van der Waals surface area contributed by atoms with Gasteiger partial charge in [0.15, 0.2) is 0 Å². The molecule has 6 rings (SSSR count). The van der Waals surface area contributed by atoms with Crippen molar-refractivity contribution >= 4 is 23.4 Å². The number of hydrogen-bond acceptors (Lipinski definition) is 6. The lowest BCUT2D eigenvalue weighted by atomic mass is 9.59. The van der Waals surface area contributed by atoms with Crippen LogP contribution in [0.1, 0.15) is 70.6 Å². The first-order chi connectivity index (χ1) is 16.3. The van der Waals surface area contributed by atoms with Gasteiger partial charge in [0.05, 0.1) is 29.2 Å². The van der Waals surface area contributed by atoms with Gasteiger partial charge >= 0.3 is 0 Å². The zero-order valence-electron chi connectivity index (χ0n) is 19.7. The standard InChI is InChI=1S/C24H38ClFN4O4/c25-17-4-3-16(11-18(17)26)34-13-21(32)28-24-7-5-23(6-8-24,12-20(24)31)29-22(33)19-10-15-2-1-9-30(15)14-27-19/h15-20,27,31H,1-14H2,(H,28,32)(H,29,33)/t15?,16?,17?,18?,19?,20-,23?,24?/m0/s1. The smallest absolute Gasteiger partial charge is 0.246 e. The molecule has 4 saturated carbocycles. The highest BCUT2D eigenvalue weighted by Crippen LogP contribution is 2.47. The summed E-state index contributed by atoms with van der Waals surface area (Å²) in [5.41, 5.74) is -1.10. The molecule has 2 bridgehead atoms. The summed E-state index contributed by atoms with van der Waals surface area (Å²) in [7, 11) is 0. The summed E-state index contributed by atoms with van der Waals surface area (Å²) < 4.78 is 19.5. The second-order valence-corrected chi connectivity index (χ2v) is 11.8. The van der Waals surface area contributed by atoms with E-state index in [0.717, 1.165) is 38.9 Å². The summed E-state index contributed by atoms with van der Waals surface area (Å²) in [6.07, 6.45) is 5.55. The number of aliphatic hydroxyl groups excluding tert-OH is 1. The Balaban J connectivity index is 1.10. The third kappa shape index (κ3) is 4.96. The molecule has 4 aliphatic carbocycles. The molecule has 6 aliphatic rings. The molecule has 4 N–H and O–H groups in total. The van der Waals surface area contributed by atoms with Crippen molar-refractivity contribution in [1.29, 1.82) is 0 Å². The molecule has 2 aliphatic heterocycles. The monoisotopic (exact) mass is 500 g/mol. The molecular formula is C24H38ClFN4O4. The maximum Gasteiger partial charge on any atom is 0.246 e. The highest BCUT2D eigenvalue weighted by atomic mass is 35.5. The van der Waals surface area contributed by atoms with E-state index in [1.807, 2.05) is 0 Å². The Kier molecular flexibility index (Phi) is 7.12. The van der Waals surface area contributed by atoms with Crippen LogP contribution in [0, 0.1) is 0 Å². The zero-order valence-corrected chi connectivity index (χ0v) is 20.5. The number of amides is 2. The number of alkyl halides is 2. The molecule has 0 aromatic carbocycles. The van der Waals surface area contributed by atoms with Crippen molar-refractivity contribution in [3.05, 3.63) is 0 Å². The number of carbonyl (C=O) groups is 2. The van der Waals surface area contributed by atoms with Crippen molar-refractivity contribution in [2.24, 2.45) is 0 Å². The van der Waals surface area contributed by atoms with Crippen LogP contribution in [0.4, 0.5) is 4.39 Å². The van der Waals surface area contributed by atoms with Crippen LogP contribution >= 0.6 is 11.6 Å². The lowest BCUT2D eigenvalue weighted by molar-refractivity contribution is -0.141. The predicted molar refractivity (Wildman–Crippen MR) is 125 cm³/mol. The number of nitrogens with zero attached hydrogens (tertiary/aromatic N) is 1. The van der Waals surface area contributed by atoms with E-state index in [0.29, 0.717) is 38.1 Å². The van der Waals surface area contributed by atoms with Gasteiger partial charge in [-0.1, -0.05) is 0 Å². The van der Waals surface area contributed by atoms with Crippen molar-refractivity contribution in [1.82, 2.24) is 20.9 Å². The first-order valence-electron chi connectivity index (χ1n) is 13.0. The fraction of sp³-hybridized carbons (Fsp3) is 0.917. The minimum absolute atomic E-state index is 0.0309. The zero-order chi connectivity index (χ0) is 23.9. The summed E-state index contributed by atoms with van der Waals surface area (Å²) in [5, 5.41) is 20.2. The average molecular weight is 501 g/mol.